The van der Waals surface area contributed by atoms with E-state index in [0.29, 0.717) is 0 Å². The van der Waals surface area contributed by atoms with Crippen LogP contribution in [0.25, 0.3) is 0 Å². The van der Waals surface area contributed by atoms with Crippen LogP contribution in [-0.4, -0.2) is 16.5 Å². The van der Waals surface area contributed by atoms with Crippen molar-refractivity contribution < 1.29 is 9.90 Å². The number of carbonyl (C=O) groups excluding carboxylic acids is 1. The van der Waals surface area contributed by atoms with Crippen molar-refractivity contribution in [3.63, 3.8) is 0 Å². The minimum Gasteiger partial charge on any atom is -0.381 e. The molecule has 17 heavy (non-hydrogen) atoms. The third-order valence-electron chi connectivity index (χ3n) is 5.06. The Hall–Kier alpha value is -1.15. The Morgan fingerprint density at radius 1 is 1.24 bits per heavy atom. The number of aliphatic hydroxyl groups is 1. The molecule has 1 unspecified atom stereocenters. The molecule has 1 atom stereocenters. The van der Waals surface area contributed by atoms with Gasteiger partial charge in [-0.25, -0.2) is 0 Å². The molecule has 2 nitrogen and oxygen atoms in total. The summed E-state index contributed by atoms with van der Waals surface area (Å²) in [5.41, 5.74) is 3.91. The predicted molar refractivity (Wildman–Crippen MR) is 66.5 cm³/mol. The Morgan fingerprint density at radius 2 is 1.82 bits per heavy atom. The van der Waals surface area contributed by atoms with Gasteiger partial charge in [0.15, 0.2) is 5.78 Å². The standard InChI is InChI=1S/C15H18O2/c1-8-7-11-12(9(8)2)10(3)15(5-6-15)14(4,17)13(11)16/h7,17H,5-6H2,1-4H3. The minimum absolute atomic E-state index is 0.0909. The first-order valence-electron chi connectivity index (χ1n) is 6.21. The summed E-state index contributed by atoms with van der Waals surface area (Å²) in [6.45, 7) is 7.87. The van der Waals surface area contributed by atoms with E-state index in [1.54, 1.807) is 6.92 Å². The molecule has 90 valence electrons. The minimum atomic E-state index is -1.21. The first-order valence-corrected chi connectivity index (χ1v) is 6.21. The largest absolute Gasteiger partial charge is 0.381 e. The fourth-order valence-corrected chi connectivity index (χ4v) is 3.53. The number of fused-ring (bicyclic) bond motifs is 1. The van der Waals surface area contributed by atoms with Gasteiger partial charge in [0.2, 0.25) is 0 Å². The lowest BCUT2D eigenvalue weighted by atomic mass is 9.67. The number of ketones is 1. The van der Waals surface area contributed by atoms with Crippen LogP contribution in [0.4, 0.5) is 0 Å². The predicted octanol–water partition coefficient (Wildman–Crippen LogP) is 2.69. The van der Waals surface area contributed by atoms with Crippen molar-refractivity contribution in [3.8, 4) is 0 Å². The van der Waals surface area contributed by atoms with Gasteiger partial charge >= 0.3 is 0 Å². The van der Waals surface area contributed by atoms with E-state index in [4.69, 9.17) is 0 Å². The van der Waals surface area contributed by atoms with Crippen molar-refractivity contribution >= 4 is 5.78 Å². The maximum absolute atomic E-state index is 12.4. The highest BCUT2D eigenvalue weighted by molar-refractivity contribution is 6.10. The molecule has 0 saturated heterocycles. The molecular weight excluding hydrogens is 212 g/mol. The molecule has 1 saturated carbocycles. The van der Waals surface area contributed by atoms with Gasteiger partial charge in [0.1, 0.15) is 5.60 Å². The highest BCUT2D eigenvalue weighted by Crippen LogP contribution is 2.64. The lowest BCUT2D eigenvalue weighted by Gasteiger charge is -2.39. The summed E-state index contributed by atoms with van der Waals surface area (Å²) in [4.78, 5) is 12.4. The summed E-state index contributed by atoms with van der Waals surface area (Å²) in [5.74, 6) is -0.0909. The molecule has 0 aliphatic heterocycles. The number of carbonyl (C=O) groups is 1. The van der Waals surface area contributed by atoms with Crippen LogP contribution < -0.4 is 0 Å². The molecule has 0 aromatic rings. The molecule has 0 aromatic carbocycles. The van der Waals surface area contributed by atoms with E-state index in [9.17, 15) is 9.90 Å². The smallest absolute Gasteiger partial charge is 0.195 e. The van der Waals surface area contributed by atoms with E-state index in [1.807, 2.05) is 13.0 Å². The van der Waals surface area contributed by atoms with Gasteiger partial charge in [-0.05, 0) is 63.3 Å². The van der Waals surface area contributed by atoms with E-state index in [1.165, 1.54) is 11.1 Å². The molecule has 1 fully saturated rings. The van der Waals surface area contributed by atoms with Gasteiger partial charge in [-0.2, -0.15) is 0 Å². The van der Waals surface area contributed by atoms with Crippen LogP contribution in [0.2, 0.25) is 0 Å². The number of Topliss-reactive ketones (excluding diaryl/α,β-unsaturated/α-hetero) is 1. The Balaban J connectivity index is 2.31. The topological polar surface area (TPSA) is 37.3 Å². The average molecular weight is 230 g/mol. The van der Waals surface area contributed by atoms with Crippen LogP contribution >= 0.6 is 0 Å². The maximum atomic E-state index is 12.4. The zero-order valence-corrected chi connectivity index (χ0v) is 10.8. The molecule has 0 bridgehead atoms. The summed E-state index contributed by atoms with van der Waals surface area (Å²) in [5, 5.41) is 10.6. The highest BCUT2D eigenvalue weighted by Gasteiger charge is 2.64. The van der Waals surface area contributed by atoms with E-state index in [-0.39, 0.29) is 11.2 Å². The molecule has 3 rings (SSSR count). The molecule has 1 spiro atoms. The van der Waals surface area contributed by atoms with Gasteiger partial charge in [0, 0.05) is 11.0 Å². The normalized spacial score (nSPS) is 34.4. The molecule has 0 heterocycles. The molecule has 0 amide bonds. The lowest BCUT2D eigenvalue weighted by Crippen LogP contribution is -2.49. The first kappa shape index (κ1) is 11.0. The number of hydrogen-bond acceptors (Lipinski definition) is 2. The summed E-state index contributed by atoms with van der Waals surface area (Å²) in [7, 11) is 0. The van der Waals surface area contributed by atoms with Crippen LogP contribution in [0.1, 0.15) is 40.5 Å². The quantitative estimate of drug-likeness (QED) is 0.694. The monoisotopic (exact) mass is 230 g/mol. The maximum Gasteiger partial charge on any atom is 0.195 e. The van der Waals surface area contributed by atoms with Gasteiger partial charge in [0.25, 0.3) is 0 Å². The average Bonchev–Trinajstić information content (AvgIpc) is 3.01. The van der Waals surface area contributed by atoms with Crippen molar-refractivity contribution in [1.82, 2.24) is 0 Å². The van der Waals surface area contributed by atoms with Gasteiger partial charge in [-0.1, -0.05) is 5.57 Å². The Morgan fingerprint density at radius 3 is 2.35 bits per heavy atom. The summed E-state index contributed by atoms with van der Waals surface area (Å²) >= 11 is 0. The number of hydrogen-bond donors (Lipinski definition) is 1. The van der Waals surface area contributed by atoms with E-state index >= 15 is 0 Å². The van der Waals surface area contributed by atoms with Crippen molar-refractivity contribution in [3.05, 3.63) is 33.9 Å². The zero-order chi connectivity index (χ0) is 12.6. The molecule has 0 radical (unpaired) electrons. The lowest BCUT2D eigenvalue weighted by molar-refractivity contribution is -0.137. The summed E-state index contributed by atoms with van der Waals surface area (Å²) in [6.07, 6.45) is 3.79. The SMILES string of the molecule is CC1=C(C)C2=C(C)C3(CC3)C(C)(O)C(=O)C2=C1. The number of rotatable bonds is 0. The van der Waals surface area contributed by atoms with Gasteiger partial charge < -0.3 is 5.11 Å². The van der Waals surface area contributed by atoms with Crippen LogP contribution in [-0.2, 0) is 4.79 Å². The fraction of sp³-hybridized carbons (Fsp3) is 0.533. The third-order valence-corrected chi connectivity index (χ3v) is 5.06. The highest BCUT2D eigenvalue weighted by atomic mass is 16.3. The molecule has 2 heteroatoms. The van der Waals surface area contributed by atoms with Gasteiger partial charge in [0.05, 0.1) is 0 Å². The molecular formula is C15H18O2. The van der Waals surface area contributed by atoms with Crippen molar-refractivity contribution in [2.24, 2.45) is 5.41 Å². The first-order chi connectivity index (χ1) is 7.83. The molecule has 0 aromatic heterocycles. The zero-order valence-electron chi connectivity index (χ0n) is 10.8. The Kier molecular flexibility index (Phi) is 1.81. The van der Waals surface area contributed by atoms with Crippen LogP contribution in [0.5, 0.6) is 0 Å². The van der Waals surface area contributed by atoms with E-state index in [2.05, 4.69) is 13.8 Å². The summed E-state index contributed by atoms with van der Waals surface area (Å²) < 4.78 is 0. The second kappa shape index (κ2) is 2.81. The second-order valence-electron chi connectivity index (χ2n) is 5.85. The van der Waals surface area contributed by atoms with Gasteiger partial charge in [-0.15, -0.1) is 0 Å². The van der Waals surface area contributed by atoms with Crippen LogP contribution in [0.3, 0.4) is 0 Å². The van der Waals surface area contributed by atoms with E-state index in [0.717, 1.165) is 29.6 Å². The van der Waals surface area contributed by atoms with Crippen molar-refractivity contribution in [2.75, 3.05) is 0 Å². The van der Waals surface area contributed by atoms with Gasteiger partial charge in [-0.3, -0.25) is 4.79 Å². The Labute approximate surface area is 102 Å². The van der Waals surface area contributed by atoms with E-state index < -0.39 is 5.60 Å². The fourth-order valence-electron chi connectivity index (χ4n) is 3.53. The molecule has 1 N–H and O–H groups in total. The van der Waals surface area contributed by atoms with Crippen LogP contribution in [0, 0.1) is 5.41 Å². The summed E-state index contributed by atoms with van der Waals surface area (Å²) in [6, 6.07) is 0. The molecule has 3 aliphatic carbocycles. The third kappa shape index (κ3) is 1.03. The second-order valence-corrected chi connectivity index (χ2v) is 5.85. The van der Waals surface area contributed by atoms with Crippen LogP contribution in [0.15, 0.2) is 33.9 Å². The number of allylic oxidation sites excluding steroid dienone is 4. The Bertz CT molecular complexity index is 537. The molecule has 3 aliphatic rings. The van der Waals surface area contributed by atoms with Crippen molar-refractivity contribution in [1.29, 1.82) is 0 Å². The van der Waals surface area contributed by atoms with Crippen molar-refractivity contribution in [2.45, 2.75) is 46.1 Å².